The topological polar surface area (TPSA) is 293 Å². The molecule has 0 aromatic heterocycles. The highest BCUT2D eigenvalue weighted by Gasteiger charge is 2.79. The van der Waals surface area contributed by atoms with Crippen LogP contribution in [-0.4, -0.2) is 166 Å². The van der Waals surface area contributed by atoms with E-state index in [1.807, 2.05) is 20.8 Å². The zero-order valence-electron chi connectivity index (χ0n) is 41.0. The summed E-state index contributed by atoms with van der Waals surface area (Å²) in [4.78, 5) is 27.3. The number of aliphatic hydroxyl groups is 6. The van der Waals surface area contributed by atoms with E-state index >= 15 is 0 Å². The highest BCUT2D eigenvalue weighted by Crippen LogP contribution is 2.76. The van der Waals surface area contributed by atoms with Gasteiger partial charge in [-0.05, 0) is 102 Å². The third-order valence-corrected chi connectivity index (χ3v) is 18.3. The van der Waals surface area contributed by atoms with Crippen LogP contribution < -0.4 is 0 Å². The average molecular weight is 1000 g/mol. The Morgan fingerprint density at radius 1 is 0.826 bits per heavy atom. The van der Waals surface area contributed by atoms with Gasteiger partial charge in [-0.2, -0.15) is 8.42 Å². The molecule has 8 rings (SSSR count). The number of cyclic esters (lactones) is 1. The second kappa shape index (κ2) is 18.9. The smallest absolute Gasteiger partial charge is 0.397 e. The Hall–Kier alpha value is -2.19. The largest absolute Gasteiger partial charge is 0.462 e. The van der Waals surface area contributed by atoms with Crippen LogP contribution in [0.3, 0.4) is 0 Å². The minimum absolute atomic E-state index is 0.0254. The van der Waals surface area contributed by atoms with Crippen molar-refractivity contribution in [3.63, 3.8) is 0 Å². The van der Waals surface area contributed by atoms with Crippen LogP contribution in [0.4, 0.5) is 0 Å². The lowest BCUT2D eigenvalue weighted by Crippen LogP contribution is -2.65. The Balaban J connectivity index is 1.03. The van der Waals surface area contributed by atoms with Gasteiger partial charge in [-0.3, -0.25) is 14.1 Å². The number of carbonyl (C=O) groups excluding carboxylic acids is 2. The zero-order valence-corrected chi connectivity index (χ0v) is 41.8. The van der Waals surface area contributed by atoms with Crippen molar-refractivity contribution in [3.05, 3.63) is 23.3 Å². The molecule has 21 heteroatoms. The molecule has 4 aliphatic carbocycles. The van der Waals surface area contributed by atoms with Crippen LogP contribution >= 0.6 is 0 Å². The third-order valence-electron chi connectivity index (χ3n) is 17.8. The van der Waals surface area contributed by atoms with Crippen molar-refractivity contribution in [2.75, 3.05) is 13.2 Å². The molecule has 0 aromatic rings. The van der Waals surface area contributed by atoms with Crippen molar-refractivity contribution in [2.24, 2.45) is 39.4 Å². The van der Waals surface area contributed by atoms with Crippen LogP contribution in [0.15, 0.2) is 23.3 Å². The molecule has 20 nitrogen and oxygen atoms in total. The van der Waals surface area contributed by atoms with Gasteiger partial charge in [0, 0.05) is 12.3 Å². The van der Waals surface area contributed by atoms with E-state index in [1.165, 1.54) is 25.0 Å². The minimum Gasteiger partial charge on any atom is -0.462 e. The predicted molar refractivity (Wildman–Crippen MR) is 238 cm³/mol. The Bertz CT molecular complexity index is 2110. The van der Waals surface area contributed by atoms with Gasteiger partial charge in [0.2, 0.25) is 0 Å². The van der Waals surface area contributed by atoms with Crippen molar-refractivity contribution in [3.8, 4) is 0 Å². The van der Waals surface area contributed by atoms with Crippen LogP contribution in [0.2, 0.25) is 0 Å². The van der Waals surface area contributed by atoms with Crippen molar-refractivity contribution in [1.82, 2.24) is 0 Å². The Kier molecular flexibility index (Phi) is 14.6. The molecule has 0 amide bonds. The molecule has 4 heterocycles. The van der Waals surface area contributed by atoms with Gasteiger partial charge in [0.25, 0.3) is 0 Å². The van der Waals surface area contributed by atoms with Gasteiger partial charge in [0.15, 0.2) is 18.9 Å². The zero-order chi connectivity index (χ0) is 50.6. The van der Waals surface area contributed by atoms with Gasteiger partial charge >= 0.3 is 22.3 Å². The van der Waals surface area contributed by atoms with Crippen LogP contribution in [-0.2, 0) is 62.1 Å². The molecule has 7 fully saturated rings. The quantitative estimate of drug-likeness (QED) is 0.0837. The van der Waals surface area contributed by atoms with Crippen molar-refractivity contribution >= 4 is 22.3 Å². The number of hydrogen-bond acceptors (Lipinski definition) is 19. The van der Waals surface area contributed by atoms with Gasteiger partial charge in [0.1, 0.15) is 66.6 Å². The molecule has 4 saturated heterocycles. The first-order valence-corrected chi connectivity index (χ1v) is 25.8. The highest BCUT2D eigenvalue weighted by molar-refractivity contribution is 7.80. The van der Waals surface area contributed by atoms with E-state index in [9.17, 15) is 53.2 Å². The lowest BCUT2D eigenvalue weighted by atomic mass is 9.41. The molecule has 392 valence electrons. The average Bonchev–Trinajstić information content (AvgIpc) is 3.65. The lowest BCUT2D eigenvalue weighted by molar-refractivity contribution is -0.375. The lowest BCUT2D eigenvalue weighted by Gasteiger charge is -2.64. The summed E-state index contributed by atoms with van der Waals surface area (Å²) in [7, 11) is -5.10. The molecule has 0 unspecified atom stereocenters. The van der Waals surface area contributed by atoms with Crippen LogP contribution in [0.25, 0.3) is 0 Å². The van der Waals surface area contributed by atoms with Gasteiger partial charge < -0.3 is 68.5 Å². The highest BCUT2D eigenvalue weighted by atomic mass is 32.3. The van der Waals surface area contributed by atoms with E-state index in [0.29, 0.717) is 38.5 Å². The number of aliphatic hydroxyl groups excluding tert-OH is 6. The van der Waals surface area contributed by atoms with Gasteiger partial charge in [0.05, 0.1) is 36.8 Å². The van der Waals surface area contributed by atoms with Crippen LogP contribution in [0.5, 0.6) is 0 Å². The number of allylic oxidation sites excluding steroid dienone is 4. The van der Waals surface area contributed by atoms with Crippen molar-refractivity contribution in [1.29, 1.82) is 0 Å². The molecule has 8 aliphatic rings. The molecule has 1 spiro atoms. The maximum absolute atomic E-state index is 14.6. The number of carbonyl (C=O) groups is 2. The number of rotatable bonds is 12. The SMILES string of the molecule is CC(=O)O[C@H]1C[C@@]2(C)C3=CC[C@H]4C(C)(C)[C@@H](O[C@@H]5OC[C@@H](OS(=O)(=O)O)[C@H](O)[C@H]5O[C@@H]5O[C@H](C)[C@@H](O[C@@H]6OC[C@@H](O)[C@H](O)[C@H]6O)[C@H](O)[C@H]5O)CC[C@]4(C)[C@@H]3CC[C@@]23C(=O)O[C@@](C)(CCC=C(C)C)[C@@H]13. The first kappa shape index (κ1) is 53.1. The summed E-state index contributed by atoms with van der Waals surface area (Å²) in [6.07, 6.45) is -12.2. The molecule has 7 N–H and O–H groups in total. The maximum atomic E-state index is 14.6. The van der Waals surface area contributed by atoms with Gasteiger partial charge in [-0.25, -0.2) is 4.18 Å². The normalized spacial score (nSPS) is 49.3. The number of fused-ring (bicyclic) bond motifs is 4. The third kappa shape index (κ3) is 9.08. The molecule has 69 heavy (non-hydrogen) atoms. The molecule has 0 bridgehead atoms. The second-order valence-electron chi connectivity index (χ2n) is 22.6. The van der Waals surface area contributed by atoms with E-state index in [-0.39, 0.29) is 35.7 Å². The Morgan fingerprint density at radius 2 is 1.49 bits per heavy atom. The molecule has 3 saturated carbocycles. The summed E-state index contributed by atoms with van der Waals surface area (Å²) in [5.74, 6) is -0.836. The Morgan fingerprint density at radius 3 is 2.16 bits per heavy atom. The predicted octanol–water partition coefficient (Wildman–Crippen LogP) is 2.14. The first-order chi connectivity index (χ1) is 32.1. The van der Waals surface area contributed by atoms with E-state index in [2.05, 4.69) is 39.8 Å². The fourth-order valence-corrected chi connectivity index (χ4v) is 15.0. The standard InChI is InChI=1S/C48H74O20S/c1-22(2)11-10-16-47(9)39-28(63-24(4)49)19-46(8)26-12-13-30-44(5,6)31(15-17-45(30,7)25(26)14-18-48(39,46)43(56)67-47)64-42-38(33(52)29(21-61-42)68-69(57,58)59)66-41-36(55)34(53)37(23(3)62-41)65-40-35(54)32(51)27(50)20-60-40/h11-12,23,25,27-42,50-55H,10,13-21H2,1-9H3,(H,57,58,59)/t23-,25-,27-,28+,29-,30+,31+,32+,33+,34-,35-,36-,37-,38-,39-,40+,41+,42+,45-,46+,47+,48-/m1/s1. The molecule has 0 radical (unpaired) electrons. The molecular weight excluding hydrogens is 929 g/mol. The first-order valence-electron chi connectivity index (χ1n) is 24.4. The van der Waals surface area contributed by atoms with E-state index in [0.717, 1.165) is 12.8 Å². The number of ether oxygens (including phenoxy) is 8. The van der Waals surface area contributed by atoms with E-state index in [4.69, 9.17) is 42.1 Å². The minimum atomic E-state index is -5.10. The fourth-order valence-electron chi connectivity index (χ4n) is 14.5. The molecule has 4 aliphatic heterocycles. The summed E-state index contributed by atoms with van der Waals surface area (Å²) >= 11 is 0. The fraction of sp³-hybridized carbons (Fsp3) is 0.875. The van der Waals surface area contributed by atoms with Gasteiger partial charge in [-0.15, -0.1) is 0 Å². The monoisotopic (exact) mass is 1000 g/mol. The van der Waals surface area contributed by atoms with Gasteiger partial charge in [-0.1, -0.05) is 51.0 Å². The number of hydrogen-bond donors (Lipinski definition) is 7. The summed E-state index contributed by atoms with van der Waals surface area (Å²) in [5.41, 5.74) is -0.827. The van der Waals surface area contributed by atoms with E-state index in [1.54, 1.807) is 0 Å². The van der Waals surface area contributed by atoms with E-state index < -0.39 is 137 Å². The summed E-state index contributed by atoms with van der Waals surface area (Å²) in [6.45, 7) is 16.7. The molecule has 22 atom stereocenters. The summed E-state index contributed by atoms with van der Waals surface area (Å²) < 4.78 is 86.6. The van der Waals surface area contributed by atoms with Crippen LogP contribution in [0.1, 0.15) is 114 Å². The molecule has 0 aromatic carbocycles. The van der Waals surface area contributed by atoms with Crippen molar-refractivity contribution < 1.29 is 95.3 Å². The summed E-state index contributed by atoms with van der Waals surface area (Å²) in [6, 6.07) is 0. The van der Waals surface area contributed by atoms with Crippen molar-refractivity contribution in [2.45, 2.75) is 211 Å². The number of esters is 2. The summed E-state index contributed by atoms with van der Waals surface area (Å²) in [5, 5.41) is 64.7. The second-order valence-corrected chi connectivity index (χ2v) is 23.6. The maximum Gasteiger partial charge on any atom is 0.397 e. The molecular formula is C48H74O20S. The Labute approximate surface area is 403 Å². The van der Waals surface area contributed by atoms with Crippen LogP contribution in [0, 0.1) is 39.4 Å².